The van der Waals surface area contributed by atoms with E-state index in [1.54, 1.807) is 7.11 Å². The molecule has 1 heterocycles. The van der Waals surface area contributed by atoms with Crippen molar-refractivity contribution in [1.29, 1.82) is 0 Å². The van der Waals surface area contributed by atoms with Gasteiger partial charge in [0.2, 0.25) is 0 Å². The highest BCUT2D eigenvalue weighted by Crippen LogP contribution is 2.29. The lowest BCUT2D eigenvalue weighted by Gasteiger charge is -2.34. The Bertz CT molecular complexity index is 372. The van der Waals surface area contributed by atoms with Gasteiger partial charge in [0.1, 0.15) is 5.75 Å². The van der Waals surface area contributed by atoms with Crippen LogP contribution in [-0.2, 0) is 0 Å². The zero-order valence-electron chi connectivity index (χ0n) is 10.4. The van der Waals surface area contributed by atoms with E-state index in [1.165, 1.54) is 5.56 Å². The Morgan fingerprint density at radius 1 is 1.35 bits per heavy atom. The molecule has 1 fully saturated rings. The fourth-order valence-electron chi connectivity index (χ4n) is 2.34. The van der Waals surface area contributed by atoms with Gasteiger partial charge in [-0.1, -0.05) is 24.3 Å². The molecule has 1 aliphatic heterocycles. The van der Waals surface area contributed by atoms with Gasteiger partial charge in [0.05, 0.1) is 13.2 Å². The quantitative estimate of drug-likeness (QED) is 0.802. The molecular weight excluding hydrogens is 212 g/mol. The third-order valence-corrected chi connectivity index (χ3v) is 3.23. The molecular formula is C14H20N2O. The highest BCUT2D eigenvalue weighted by atomic mass is 16.5. The van der Waals surface area contributed by atoms with E-state index < -0.39 is 0 Å². The van der Waals surface area contributed by atoms with Crippen molar-refractivity contribution in [2.45, 2.75) is 6.04 Å². The lowest BCUT2D eigenvalue weighted by atomic mass is 10.0. The number of benzene rings is 1. The lowest BCUT2D eigenvalue weighted by molar-refractivity contribution is 0.200. The van der Waals surface area contributed by atoms with Crippen LogP contribution in [0.15, 0.2) is 36.9 Å². The van der Waals surface area contributed by atoms with Gasteiger partial charge < -0.3 is 10.1 Å². The molecule has 1 N–H and O–H groups in total. The standard InChI is InChI=1S/C14H20N2O/c1-3-13(16-10-8-15-9-11-16)12-6-4-5-7-14(12)17-2/h3-7,13,15H,1,8-11H2,2H3/t13-/m0/s1. The molecule has 1 aromatic carbocycles. The summed E-state index contributed by atoms with van der Waals surface area (Å²) in [5.74, 6) is 0.941. The van der Waals surface area contributed by atoms with Crippen molar-refractivity contribution in [3.8, 4) is 5.75 Å². The summed E-state index contributed by atoms with van der Waals surface area (Å²) in [5.41, 5.74) is 1.20. The fourth-order valence-corrected chi connectivity index (χ4v) is 2.34. The van der Waals surface area contributed by atoms with Crippen molar-refractivity contribution < 1.29 is 4.74 Å². The number of nitrogens with zero attached hydrogens (tertiary/aromatic N) is 1. The van der Waals surface area contributed by atoms with Gasteiger partial charge in [-0.3, -0.25) is 4.90 Å². The second kappa shape index (κ2) is 5.84. The van der Waals surface area contributed by atoms with E-state index in [-0.39, 0.29) is 6.04 Å². The van der Waals surface area contributed by atoms with Crippen LogP contribution in [-0.4, -0.2) is 38.2 Å². The molecule has 3 heteroatoms. The SMILES string of the molecule is C=C[C@@H](c1ccccc1OC)N1CCNCC1. The molecule has 1 aliphatic rings. The maximum absolute atomic E-state index is 5.43. The average molecular weight is 232 g/mol. The number of hydrogen-bond donors (Lipinski definition) is 1. The Kier molecular flexibility index (Phi) is 4.18. The Labute approximate surface area is 103 Å². The zero-order valence-corrected chi connectivity index (χ0v) is 10.4. The van der Waals surface area contributed by atoms with Crippen LogP contribution in [0.4, 0.5) is 0 Å². The summed E-state index contributed by atoms with van der Waals surface area (Å²) in [6.45, 7) is 8.15. The minimum absolute atomic E-state index is 0.244. The van der Waals surface area contributed by atoms with Crippen LogP contribution in [0.1, 0.15) is 11.6 Å². The smallest absolute Gasteiger partial charge is 0.123 e. The molecule has 1 atom stereocenters. The molecule has 3 nitrogen and oxygen atoms in total. The van der Waals surface area contributed by atoms with Gasteiger partial charge in [0.25, 0.3) is 0 Å². The Balaban J connectivity index is 2.24. The molecule has 1 saturated heterocycles. The van der Waals surface area contributed by atoms with Crippen molar-refractivity contribution in [3.05, 3.63) is 42.5 Å². The predicted octanol–water partition coefficient (Wildman–Crippen LogP) is 1.83. The lowest BCUT2D eigenvalue weighted by Crippen LogP contribution is -2.44. The van der Waals surface area contributed by atoms with E-state index in [0.717, 1.165) is 31.9 Å². The molecule has 2 rings (SSSR count). The summed E-state index contributed by atoms with van der Waals surface area (Å²) in [6.07, 6.45) is 2.00. The highest BCUT2D eigenvalue weighted by Gasteiger charge is 2.21. The molecule has 92 valence electrons. The van der Waals surface area contributed by atoms with Crippen LogP contribution in [0.5, 0.6) is 5.75 Å². The van der Waals surface area contributed by atoms with Gasteiger partial charge in [0, 0.05) is 31.7 Å². The summed E-state index contributed by atoms with van der Waals surface area (Å²) < 4.78 is 5.43. The first-order valence-electron chi connectivity index (χ1n) is 6.07. The maximum atomic E-state index is 5.43. The van der Waals surface area contributed by atoms with Crippen molar-refractivity contribution >= 4 is 0 Å². The van der Waals surface area contributed by atoms with Crippen LogP contribution >= 0.6 is 0 Å². The molecule has 0 saturated carbocycles. The van der Waals surface area contributed by atoms with Crippen LogP contribution < -0.4 is 10.1 Å². The summed E-state index contributed by atoms with van der Waals surface area (Å²) in [5, 5.41) is 3.37. The first-order chi connectivity index (χ1) is 8.36. The van der Waals surface area contributed by atoms with E-state index in [9.17, 15) is 0 Å². The van der Waals surface area contributed by atoms with Gasteiger partial charge in [-0.25, -0.2) is 0 Å². The number of para-hydroxylation sites is 1. The zero-order chi connectivity index (χ0) is 12.1. The van der Waals surface area contributed by atoms with Crippen molar-refractivity contribution in [1.82, 2.24) is 10.2 Å². The second-order valence-electron chi connectivity index (χ2n) is 4.21. The molecule has 0 aliphatic carbocycles. The average Bonchev–Trinajstić information content (AvgIpc) is 2.41. The summed E-state index contributed by atoms with van der Waals surface area (Å²) in [4.78, 5) is 2.43. The van der Waals surface area contributed by atoms with Crippen molar-refractivity contribution in [2.24, 2.45) is 0 Å². The van der Waals surface area contributed by atoms with E-state index in [1.807, 2.05) is 18.2 Å². The Morgan fingerprint density at radius 2 is 2.06 bits per heavy atom. The van der Waals surface area contributed by atoms with Crippen LogP contribution in [0.3, 0.4) is 0 Å². The van der Waals surface area contributed by atoms with E-state index in [2.05, 4.69) is 28.9 Å². The normalized spacial score (nSPS) is 18.6. The molecule has 0 aromatic heterocycles. The number of hydrogen-bond acceptors (Lipinski definition) is 3. The monoisotopic (exact) mass is 232 g/mol. The third kappa shape index (κ3) is 2.68. The molecule has 0 radical (unpaired) electrons. The van der Waals surface area contributed by atoms with Gasteiger partial charge in [-0.05, 0) is 6.07 Å². The van der Waals surface area contributed by atoms with Crippen LogP contribution in [0, 0.1) is 0 Å². The molecule has 0 amide bonds. The number of ether oxygens (including phenoxy) is 1. The van der Waals surface area contributed by atoms with Crippen molar-refractivity contribution in [2.75, 3.05) is 33.3 Å². The van der Waals surface area contributed by atoms with Crippen LogP contribution in [0.25, 0.3) is 0 Å². The number of nitrogens with one attached hydrogen (secondary N) is 1. The topological polar surface area (TPSA) is 24.5 Å². The maximum Gasteiger partial charge on any atom is 0.123 e. The summed E-state index contributed by atoms with van der Waals surface area (Å²) in [7, 11) is 1.72. The minimum atomic E-state index is 0.244. The molecule has 17 heavy (non-hydrogen) atoms. The summed E-state index contributed by atoms with van der Waals surface area (Å²) in [6, 6.07) is 8.42. The van der Waals surface area contributed by atoms with E-state index in [4.69, 9.17) is 4.74 Å². The molecule has 0 unspecified atom stereocenters. The second-order valence-corrected chi connectivity index (χ2v) is 4.21. The Morgan fingerprint density at radius 3 is 2.71 bits per heavy atom. The minimum Gasteiger partial charge on any atom is -0.496 e. The number of rotatable bonds is 4. The van der Waals surface area contributed by atoms with Crippen molar-refractivity contribution in [3.63, 3.8) is 0 Å². The van der Waals surface area contributed by atoms with Gasteiger partial charge >= 0.3 is 0 Å². The number of piperazine rings is 1. The molecule has 0 spiro atoms. The predicted molar refractivity (Wildman–Crippen MR) is 70.4 cm³/mol. The summed E-state index contributed by atoms with van der Waals surface area (Å²) >= 11 is 0. The highest BCUT2D eigenvalue weighted by molar-refractivity contribution is 5.37. The first kappa shape index (κ1) is 12.1. The van der Waals surface area contributed by atoms with E-state index in [0.29, 0.717) is 0 Å². The van der Waals surface area contributed by atoms with Crippen LogP contribution in [0.2, 0.25) is 0 Å². The molecule has 1 aromatic rings. The van der Waals surface area contributed by atoms with Gasteiger partial charge in [0.15, 0.2) is 0 Å². The van der Waals surface area contributed by atoms with Gasteiger partial charge in [-0.2, -0.15) is 0 Å². The number of methoxy groups -OCH3 is 1. The van der Waals surface area contributed by atoms with E-state index >= 15 is 0 Å². The third-order valence-electron chi connectivity index (χ3n) is 3.23. The molecule has 0 bridgehead atoms. The first-order valence-corrected chi connectivity index (χ1v) is 6.07. The largest absolute Gasteiger partial charge is 0.496 e. The Hall–Kier alpha value is -1.32. The fraction of sp³-hybridized carbons (Fsp3) is 0.429. The van der Waals surface area contributed by atoms with Gasteiger partial charge in [-0.15, -0.1) is 6.58 Å².